The average Bonchev–Trinajstić information content (AvgIpc) is 2.95. The van der Waals surface area contributed by atoms with Crippen LogP contribution < -0.4 is 15.5 Å². The van der Waals surface area contributed by atoms with Crippen LogP contribution in [-0.2, 0) is 19.1 Å². The van der Waals surface area contributed by atoms with Crippen LogP contribution in [0, 0.1) is 5.41 Å². The van der Waals surface area contributed by atoms with Crippen LogP contribution in [-0.4, -0.2) is 45.3 Å². The molecule has 0 fully saturated rings. The molecule has 0 aromatic heterocycles. The number of anilines is 2. The molecule has 2 N–H and O–H groups in total. The summed E-state index contributed by atoms with van der Waals surface area (Å²) in [6.45, 7) is 4.37. The van der Waals surface area contributed by atoms with Crippen LogP contribution in [0.25, 0.3) is 0 Å². The minimum absolute atomic E-state index is 0.00277. The maximum absolute atomic E-state index is 13.7. The number of ether oxygens (including phenoxy) is 2. The number of fused-ring (bicyclic) bond motifs is 1. The Labute approximate surface area is 221 Å². The number of hydrogen-bond acceptors (Lipinski definition) is 6. The zero-order valence-electron chi connectivity index (χ0n) is 20.9. The Morgan fingerprint density at radius 1 is 1.14 bits per heavy atom. The summed E-state index contributed by atoms with van der Waals surface area (Å²) in [5, 5.41) is 7.21. The molecule has 1 unspecified atom stereocenters. The summed E-state index contributed by atoms with van der Waals surface area (Å²) in [6, 6.07) is 12.6. The van der Waals surface area contributed by atoms with Gasteiger partial charge in [-0.2, -0.15) is 0 Å². The van der Waals surface area contributed by atoms with Gasteiger partial charge >= 0.3 is 0 Å². The van der Waals surface area contributed by atoms with Gasteiger partial charge in [0.25, 0.3) is 0 Å². The molecule has 192 valence electrons. The molecule has 1 aliphatic heterocycles. The Kier molecular flexibility index (Phi) is 7.95. The van der Waals surface area contributed by atoms with Crippen molar-refractivity contribution in [1.29, 1.82) is 0 Å². The average molecular weight is 532 g/mol. The molecule has 1 atom stereocenters. The van der Waals surface area contributed by atoms with Gasteiger partial charge in [-0.15, -0.1) is 0 Å². The van der Waals surface area contributed by atoms with Crippen LogP contribution in [0.3, 0.4) is 0 Å². The zero-order chi connectivity index (χ0) is 26.0. The number of Topliss-reactive ketones (excluding diaryl/α,β-unsaturated/α-hetero) is 1. The van der Waals surface area contributed by atoms with Gasteiger partial charge in [0, 0.05) is 31.9 Å². The lowest BCUT2D eigenvalue weighted by Gasteiger charge is -2.38. The van der Waals surface area contributed by atoms with E-state index in [0.29, 0.717) is 28.5 Å². The van der Waals surface area contributed by atoms with Gasteiger partial charge in [-0.05, 0) is 41.7 Å². The van der Waals surface area contributed by atoms with Gasteiger partial charge in [-0.1, -0.05) is 55.2 Å². The minimum atomic E-state index is -0.561. The largest absolute Gasteiger partial charge is 0.357 e. The number of carbonyl (C=O) groups is 2. The Balaban J connectivity index is 1.84. The fourth-order valence-corrected chi connectivity index (χ4v) is 5.23. The second-order valence-electron chi connectivity index (χ2n) is 9.88. The number of nitrogens with one attached hydrogen (secondary N) is 2. The van der Waals surface area contributed by atoms with Crippen LogP contribution in [0.5, 0.6) is 0 Å². The highest BCUT2D eigenvalue weighted by molar-refractivity contribution is 6.42. The molecule has 1 heterocycles. The minimum Gasteiger partial charge on any atom is -0.357 e. The molecule has 2 aromatic rings. The van der Waals surface area contributed by atoms with E-state index in [-0.39, 0.29) is 30.2 Å². The number of allylic oxidation sites excluding steroid dienone is 1. The molecule has 0 spiro atoms. The van der Waals surface area contributed by atoms with Crippen molar-refractivity contribution in [1.82, 2.24) is 5.32 Å². The number of benzene rings is 2. The van der Waals surface area contributed by atoms with Gasteiger partial charge in [0.2, 0.25) is 5.91 Å². The topological polar surface area (TPSA) is 79.9 Å². The van der Waals surface area contributed by atoms with Crippen molar-refractivity contribution in [2.45, 2.75) is 39.0 Å². The highest BCUT2D eigenvalue weighted by atomic mass is 35.5. The van der Waals surface area contributed by atoms with Crippen molar-refractivity contribution in [2.75, 3.05) is 37.5 Å². The first-order chi connectivity index (χ1) is 17.1. The molecule has 2 aromatic carbocycles. The molecule has 9 heteroatoms. The zero-order valence-corrected chi connectivity index (χ0v) is 22.4. The molecule has 1 aliphatic carbocycles. The number of para-hydroxylation sites is 2. The van der Waals surface area contributed by atoms with E-state index in [1.54, 1.807) is 12.1 Å². The Morgan fingerprint density at radius 2 is 1.86 bits per heavy atom. The van der Waals surface area contributed by atoms with Crippen LogP contribution in [0.2, 0.25) is 10.0 Å². The maximum Gasteiger partial charge on any atom is 0.239 e. The highest BCUT2D eigenvalue weighted by Crippen LogP contribution is 2.48. The van der Waals surface area contributed by atoms with Gasteiger partial charge in [-0.3, -0.25) is 9.59 Å². The number of halogens is 2. The first kappa shape index (κ1) is 26.5. The quantitative estimate of drug-likeness (QED) is 0.469. The number of carbonyl (C=O) groups excluding carboxylic acids is 2. The summed E-state index contributed by atoms with van der Waals surface area (Å²) in [5.41, 5.74) is 3.73. The van der Waals surface area contributed by atoms with E-state index in [4.69, 9.17) is 32.7 Å². The van der Waals surface area contributed by atoms with Crippen molar-refractivity contribution < 1.29 is 19.1 Å². The second kappa shape index (κ2) is 10.8. The van der Waals surface area contributed by atoms with E-state index in [2.05, 4.69) is 24.5 Å². The van der Waals surface area contributed by atoms with Gasteiger partial charge in [0.15, 0.2) is 12.1 Å². The molecule has 0 bridgehead atoms. The van der Waals surface area contributed by atoms with Crippen LogP contribution in [0.15, 0.2) is 53.7 Å². The van der Waals surface area contributed by atoms with E-state index in [0.717, 1.165) is 22.6 Å². The number of ketones is 1. The van der Waals surface area contributed by atoms with Crippen LogP contribution >= 0.6 is 23.2 Å². The molecule has 0 saturated heterocycles. The second-order valence-corrected chi connectivity index (χ2v) is 10.7. The predicted octanol–water partition coefficient (Wildman–Crippen LogP) is 5.34. The lowest BCUT2D eigenvalue weighted by Crippen LogP contribution is -2.44. The molecule has 0 saturated carbocycles. The Hall–Kier alpha value is -2.58. The summed E-state index contributed by atoms with van der Waals surface area (Å²) < 4.78 is 10.4. The molecular formula is C27H31Cl2N3O4. The monoisotopic (exact) mass is 531 g/mol. The summed E-state index contributed by atoms with van der Waals surface area (Å²) in [6.07, 6.45) is 0.545. The van der Waals surface area contributed by atoms with Crippen molar-refractivity contribution in [3.05, 3.63) is 69.3 Å². The predicted molar refractivity (Wildman–Crippen MR) is 142 cm³/mol. The van der Waals surface area contributed by atoms with Crippen molar-refractivity contribution in [3.8, 4) is 0 Å². The van der Waals surface area contributed by atoms with Crippen LogP contribution in [0.4, 0.5) is 11.4 Å². The number of nitrogens with zero attached hydrogens (tertiary/aromatic N) is 1. The lowest BCUT2D eigenvalue weighted by molar-refractivity contribution is -0.126. The van der Waals surface area contributed by atoms with Crippen molar-refractivity contribution in [2.24, 2.45) is 5.41 Å². The molecule has 2 aliphatic rings. The standard InChI is InChI=1S/C27H31Cl2N3O4/c1-27(2)12-20-25(22(33)13-27)26(16-9-10-17(28)18(29)11-16)32(21-8-6-5-7-19(21)31-20)15-23(34)30-14-24(35-3)36-4/h5-11,24,26,31H,12-15H2,1-4H3,(H,30,34). The van der Waals surface area contributed by atoms with E-state index in [1.807, 2.05) is 35.2 Å². The number of rotatable bonds is 7. The van der Waals surface area contributed by atoms with Gasteiger partial charge in [0.1, 0.15) is 0 Å². The normalized spacial score (nSPS) is 18.9. The molecule has 0 radical (unpaired) electrons. The SMILES string of the molecule is COC(CNC(=O)CN1c2ccccc2NC2=C(C(=O)CC(C)(C)C2)C1c1ccc(Cl)c(Cl)c1)OC. The summed E-state index contributed by atoms with van der Waals surface area (Å²) in [4.78, 5) is 28.8. The molecule has 1 amide bonds. The summed E-state index contributed by atoms with van der Waals surface area (Å²) in [5.74, 6) is -0.191. The summed E-state index contributed by atoms with van der Waals surface area (Å²) >= 11 is 12.7. The fourth-order valence-electron chi connectivity index (χ4n) is 4.93. The smallest absolute Gasteiger partial charge is 0.239 e. The van der Waals surface area contributed by atoms with E-state index in [9.17, 15) is 9.59 Å². The molecule has 4 rings (SSSR count). The van der Waals surface area contributed by atoms with Crippen LogP contribution in [0.1, 0.15) is 38.3 Å². The Bertz CT molecular complexity index is 1190. The third-order valence-corrected chi connectivity index (χ3v) is 7.31. The first-order valence-electron chi connectivity index (χ1n) is 11.8. The van der Waals surface area contributed by atoms with E-state index >= 15 is 0 Å². The van der Waals surface area contributed by atoms with Gasteiger partial charge < -0.3 is 25.0 Å². The number of methoxy groups -OCH3 is 2. The third-order valence-electron chi connectivity index (χ3n) is 6.57. The van der Waals surface area contributed by atoms with Gasteiger partial charge in [0.05, 0.1) is 40.6 Å². The first-order valence-corrected chi connectivity index (χ1v) is 12.6. The van der Waals surface area contributed by atoms with Crippen molar-refractivity contribution >= 4 is 46.3 Å². The highest BCUT2D eigenvalue weighted by Gasteiger charge is 2.42. The van der Waals surface area contributed by atoms with Gasteiger partial charge in [-0.25, -0.2) is 0 Å². The Morgan fingerprint density at radius 3 is 2.56 bits per heavy atom. The number of hydrogen-bond donors (Lipinski definition) is 2. The number of amides is 1. The van der Waals surface area contributed by atoms with E-state index < -0.39 is 12.3 Å². The molecule has 36 heavy (non-hydrogen) atoms. The molecule has 7 nitrogen and oxygen atoms in total. The third kappa shape index (κ3) is 5.54. The maximum atomic E-state index is 13.7. The fraction of sp³-hybridized carbons (Fsp3) is 0.407. The van der Waals surface area contributed by atoms with Crippen molar-refractivity contribution in [3.63, 3.8) is 0 Å². The lowest BCUT2D eigenvalue weighted by atomic mass is 9.73. The van der Waals surface area contributed by atoms with E-state index in [1.165, 1.54) is 14.2 Å². The molecular weight excluding hydrogens is 501 g/mol. The summed E-state index contributed by atoms with van der Waals surface area (Å²) in [7, 11) is 3.03.